The first-order valence-electron chi connectivity index (χ1n) is 12.2. The van der Waals surface area contributed by atoms with Gasteiger partial charge in [0, 0.05) is 18.2 Å². The molecule has 3 aromatic heterocycles. The molecule has 2 N–H and O–H groups in total. The largest absolute Gasteiger partial charge is 0.494 e. The fourth-order valence-corrected chi connectivity index (χ4v) is 5.38. The first-order valence-corrected chi connectivity index (χ1v) is 12.2. The average molecular weight is 524 g/mol. The summed E-state index contributed by atoms with van der Waals surface area (Å²) in [6.07, 6.45) is -2.90. The third-order valence-electron chi connectivity index (χ3n) is 7.17. The van der Waals surface area contributed by atoms with E-state index in [9.17, 15) is 23.1 Å². The van der Waals surface area contributed by atoms with Gasteiger partial charge in [0.25, 0.3) is 5.56 Å². The lowest BCUT2D eigenvalue weighted by molar-refractivity contribution is -0.140. The molecular formula is C27H23F3N4O4. The summed E-state index contributed by atoms with van der Waals surface area (Å²) >= 11 is 0. The van der Waals surface area contributed by atoms with Crippen LogP contribution in [0.1, 0.15) is 36.6 Å². The second-order valence-electron chi connectivity index (χ2n) is 9.45. The SMILES string of the molecule is COc1cccc2oc(-c3c(C4CCC(CO)C4)[nH]c4c(-c5ccccc5)c(C(F)(F)F)nn4c3=O)nc12. The molecule has 1 fully saturated rings. The van der Waals surface area contributed by atoms with Gasteiger partial charge >= 0.3 is 6.18 Å². The van der Waals surface area contributed by atoms with E-state index in [0.29, 0.717) is 41.8 Å². The number of ether oxygens (including phenoxy) is 1. The number of aliphatic hydroxyl groups is 1. The number of rotatable bonds is 5. The van der Waals surface area contributed by atoms with Crippen molar-refractivity contribution in [2.75, 3.05) is 13.7 Å². The van der Waals surface area contributed by atoms with Crippen LogP contribution < -0.4 is 10.3 Å². The Labute approximate surface area is 213 Å². The van der Waals surface area contributed by atoms with Crippen LogP contribution in [0, 0.1) is 5.92 Å². The maximum atomic E-state index is 14.2. The number of benzene rings is 2. The van der Waals surface area contributed by atoms with Gasteiger partial charge in [-0.1, -0.05) is 36.4 Å². The Bertz CT molecular complexity index is 1710. The Morgan fingerprint density at radius 1 is 1.13 bits per heavy atom. The second kappa shape index (κ2) is 9.02. The quantitative estimate of drug-likeness (QED) is 0.319. The number of nitrogens with one attached hydrogen (secondary N) is 1. The minimum atomic E-state index is -4.81. The summed E-state index contributed by atoms with van der Waals surface area (Å²) in [7, 11) is 1.48. The van der Waals surface area contributed by atoms with Crippen molar-refractivity contribution in [2.45, 2.75) is 31.4 Å². The van der Waals surface area contributed by atoms with Crippen molar-refractivity contribution < 1.29 is 27.4 Å². The van der Waals surface area contributed by atoms with Crippen LogP contribution in [0.5, 0.6) is 5.75 Å². The van der Waals surface area contributed by atoms with Gasteiger partial charge in [0.15, 0.2) is 16.8 Å². The van der Waals surface area contributed by atoms with E-state index in [1.165, 1.54) is 7.11 Å². The van der Waals surface area contributed by atoms with Crippen LogP contribution in [-0.4, -0.2) is 38.4 Å². The number of para-hydroxylation sites is 1. The lowest BCUT2D eigenvalue weighted by atomic mass is 9.97. The molecule has 1 saturated carbocycles. The Balaban J connectivity index is 1.68. The van der Waals surface area contributed by atoms with E-state index in [2.05, 4.69) is 15.1 Å². The fourth-order valence-electron chi connectivity index (χ4n) is 5.38. The number of nitrogens with zero attached hydrogens (tertiary/aromatic N) is 3. The maximum absolute atomic E-state index is 14.2. The molecule has 2 aromatic carbocycles. The molecule has 6 rings (SSSR count). The van der Waals surface area contributed by atoms with Crippen molar-refractivity contribution >= 4 is 16.7 Å². The van der Waals surface area contributed by atoms with Crippen LogP contribution in [0.2, 0.25) is 0 Å². The van der Waals surface area contributed by atoms with Gasteiger partial charge in [-0.25, -0.2) is 4.98 Å². The van der Waals surface area contributed by atoms with E-state index in [1.807, 2.05) is 0 Å². The summed E-state index contributed by atoms with van der Waals surface area (Å²) < 4.78 is 54.6. The number of aromatic amines is 1. The minimum Gasteiger partial charge on any atom is -0.494 e. The van der Waals surface area contributed by atoms with Gasteiger partial charge in [0.05, 0.1) is 12.7 Å². The normalized spacial score (nSPS) is 18.0. The van der Waals surface area contributed by atoms with Gasteiger partial charge < -0.3 is 19.2 Å². The highest BCUT2D eigenvalue weighted by atomic mass is 19.4. The van der Waals surface area contributed by atoms with Crippen LogP contribution in [-0.2, 0) is 6.18 Å². The summed E-state index contributed by atoms with van der Waals surface area (Å²) in [5, 5.41) is 13.5. The highest BCUT2D eigenvalue weighted by Crippen LogP contribution is 2.43. The van der Waals surface area contributed by atoms with Gasteiger partial charge in [-0.3, -0.25) is 4.79 Å². The Morgan fingerprint density at radius 2 is 1.92 bits per heavy atom. The number of alkyl halides is 3. The van der Waals surface area contributed by atoms with Gasteiger partial charge in [0.2, 0.25) is 5.89 Å². The first kappa shape index (κ1) is 24.2. The van der Waals surface area contributed by atoms with Crippen molar-refractivity contribution in [3.05, 3.63) is 70.3 Å². The number of aliphatic hydroxyl groups excluding tert-OH is 1. The molecule has 0 saturated heterocycles. The van der Waals surface area contributed by atoms with E-state index in [4.69, 9.17) is 9.15 Å². The number of oxazole rings is 1. The molecule has 196 valence electrons. The molecule has 2 atom stereocenters. The lowest BCUT2D eigenvalue weighted by Gasteiger charge is -2.15. The third-order valence-corrected chi connectivity index (χ3v) is 7.17. The van der Waals surface area contributed by atoms with Gasteiger partial charge in [0.1, 0.15) is 17.0 Å². The summed E-state index contributed by atoms with van der Waals surface area (Å²) in [6, 6.07) is 13.1. The van der Waals surface area contributed by atoms with Gasteiger partial charge in [-0.15, -0.1) is 0 Å². The minimum absolute atomic E-state index is 0.00943. The number of hydrogen-bond donors (Lipinski definition) is 2. The molecule has 11 heteroatoms. The van der Waals surface area contributed by atoms with E-state index >= 15 is 0 Å². The van der Waals surface area contributed by atoms with Crippen molar-refractivity contribution in [3.63, 3.8) is 0 Å². The molecule has 0 radical (unpaired) electrons. The third kappa shape index (κ3) is 3.85. The molecule has 0 aliphatic heterocycles. The zero-order valence-corrected chi connectivity index (χ0v) is 20.2. The van der Waals surface area contributed by atoms with Crippen LogP contribution in [0.15, 0.2) is 57.7 Å². The van der Waals surface area contributed by atoms with E-state index in [1.54, 1.807) is 48.5 Å². The van der Waals surface area contributed by atoms with Crippen molar-refractivity contribution in [1.82, 2.24) is 19.6 Å². The number of H-pyrrole nitrogens is 1. The second-order valence-corrected chi connectivity index (χ2v) is 9.45. The number of fused-ring (bicyclic) bond motifs is 2. The molecule has 5 aromatic rings. The monoisotopic (exact) mass is 524 g/mol. The summed E-state index contributed by atoms with van der Waals surface area (Å²) in [5.41, 5.74) is -0.770. The smallest absolute Gasteiger partial charge is 0.435 e. The Kier molecular flexibility index (Phi) is 5.75. The average Bonchev–Trinajstić information content (AvgIpc) is 3.65. The first-order chi connectivity index (χ1) is 18.3. The molecular weight excluding hydrogens is 501 g/mol. The molecule has 2 unspecified atom stereocenters. The number of halogens is 3. The summed E-state index contributed by atoms with van der Waals surface area (Å²) in [6.45, 7) is -0.0153. The molecule has 0 bridgehead atoms. The fraction of sp³-hybridized carbons (Fsp3) is 0.296. The van der Waals surface area contributed by atoms with E-state index in [0.717, 1.165) is 4.52 Å². The topological polar surface area (TPSA) is 106 Å². The lowest BCUT2D eigenvalue weighted by Crippen LogP contribution is -2.22. The highest BCUT2D eigenvalue weighted by Gasteiger charge is 2.40. The number of methoxy groups -OCH3 is 1. The standard InChI is InChI=1S/C27H23F3N4O4/c1-37-17-8-5-9-18-22(17)32-25(38-18)20-21(16-11-10-14(12-16)13-35)31-24-19(15-6-3-2-4-7-15)23(27(28,29)30)33-34(24)26(20)36/h2-9,14,16,31,35H,10-13H2,1H3. The van der Waals surface area contributed by atoms with Crippen LogP contribution in [0.4, 0.5) is 13.2 Å². The molecule has 0 spiro atoms. The Hall–Kier alpha value is -4.12. The predicted molar refractivity (Wildman–Crippen MR) is 133 cm³/mol. The molecule has 38 heavy (non-hydrogen) atoms. The van der Waals surface area contributed by atoms with Crippen molar-refractivity contribution in [1.29, 1.82) is 0 Å². The molecule has 1 aliphatic rings. The van der Waals surface area contributed by atoms with Gasteiger partial charge in [-0.05, 0) is 42.9 Å². The highest BCUT2D eigenvalue weighted by molar-refractivity contribution is 5.84. The molecule has 8 nitrogen and oxygen atoms in total. The number of hydrogen-bond acceptors (Lipinski definition) is 6. The molecule has 3 heterocycles. The van der Waals surface area contributed by atoms with Crippen molar-refractivity contribution in [3.8, 4) is 28.3 Å². The maximum Gasteiger partial charge on any atom is 0.435 e. The predicted octanol–water partition coefficient (Wildman–Crippen LogP) is 5.40. The summed E-state index contributed by atoms with van der Waals surface area (Å²) in [5.74, 6) is 0.174. The summed E-state index contributed by atoms with van der Waals surface area (Å²) in [4.78, 5) is 21.6. The van der Waals surface area contributed by atoms with Gasteiger partial charge in [-0.2, -0.15) is 22.8 Å². The zero-order chi connectivity index (χ0) is 26.6. The zero-order valence-electron chi connectivity index (χ0n) is 20.2. The van der Waals surface area contributed by atoms with E-state index in [-0.39, 0.29) is 46.7 Å². The van der Waals surface area contributed by atoms with Crippen LogP contribution in [0.3, 0.4) is 0 Å². The number of aromatic nitrogens is 4. The Morgan fingerprint density at radius 3 is 2.61 bits per heavy atom. The molecule has 0 amide bonds. The molecule has 1 aliphatic carbocycles. The van der Waals surface area contributed by atoms with Crippen LogP contribution >= 0.6 is 0 Å². The van der Waals surface area contributed by atoms with E-state index < -0.39 is 17.4 Å². The van der Waals surface area contributed by atoms with Crippen LogP contribution in [0.25, 0.3) is 39.3 Å². The van der Waals surface area contributed by atoms with Crippen molar-refractivity contribution in [2.24, 2.45) is 5.92 Å².